The van der Waals surface area contributed by atoms with E-state index in [2.05, 4.69) is 16.3 Å². The summed E-state index contributed by atoms with van der Waals surface area (Å²) < 4.78 is 13.1. The summed E-state index contributed by atoms with van der Waals surface area (Å²) in [6.45, 7) is 3.55. The minimum atomic E-state index is -0.230. The topological polar surface area (TPSA) is 39.1 Å². The number of halogens is 1. The van der Waals surface area contributed by atoms with Crippen LogP contribution in [0.4, 0.5) is 10.1 Å². The lowest BCUT2D eigenvalue weighted by atomic mass is 10.2. The van der Waals surface area contributed by atoms with E-state index in [-0.39, 0.29) is 11.9 Å². The van der Waals surface area contributed by atoms with Gasteiger partial charge in [-0.1, -0.05) is 6.07 Å². The third-order valence-electron chi connectivity index (χ3n) is 2.75. The third kappa shape index (κ3) is 4.04. The van der Waals surface area contributed by atoms with Crippen molar-refractivity contribution in [2.45, 2.75) is 19.4 Å². The van der Waals surface area contributed by atoms with Crippen molar-refractivity contribution in [3.05, 3.63) is 30.1 Å². The molecule has 1 aromatic carbocycles. The van der Waals surface area contributed by atoms with Crippen molar-refractivity contribution in [3.8, 4) is 6.07 Å². The van der Waals surface area contributed by atoms with E-state index in [1.165, 1.54) is 12.1 Å². The van der Waals surface area contributed by atoms with E-state index in [1.54, 1.807) is 13.1 Å². The maximum atomic E-state index is 13.1. The number of nitrogens with zero attached hydrogens (tertiary/aromatic N) is 2. The third-order valence-corrected chi connectivity index (χ3v) is 2.75. The van der Waals surface area contributed by atoms with Crippen molar-refractivity contribution in [3.63, 3.8) is 0 Å². The van der Waals surface area contributed by atoms with Gasteiger partial charge >= 0.3 is 0 Å². The first-order chi connectivity index (χ1) is 8.21. The van der Waals surface area contributed by atoms with E-state index < -0.39 is 0 Å². The molecular formula is C13H18FN3. The van der Waals surface area contributed by atoms with Gasteiger partial charge in [0.05, 0.1) is 12.1 Å². The molecule has 1 aromatic rings. The second kappa shape index (κ2) is 6.87. The molecule has 0 aliphatic carbocycles. The van der Waals surface area contributed by atoms with Crippen molar-refractivity contribution in [1.29, 1.82) is 5.26 Å². The van der Waals surface area contributed by atoms with Gasteiger partial charge in [-0.05, 0) is 38.6 Å². The van der Waals surface area contributed by atoms with Crippen molar-refractivity contribution in [1.82, 2.24) is 5.32 Å². The highest BCUT2D eigenvalue weighted by atomic mass is 19.1. The molecule has 0 bridgehead atoms. The SMILES string of the molecule is CCN(CCC(C#N)NC)c1cccc(F)c1. The maximum absolute atomic E-state index is 13.1. The molecule has 0 heterocycles. The molecule has 17 heavy (non-hydrogen) atoms. The van der Waals surface area contributed by atoms with Gasteiger partial charge in [-0.15, -0.1) is 0 Å². The number of nitriles is 1. The van der Waals surface area contributed by atoms with E-state index in [1.807, 2.05) is 13.0 Å². The average molecular weight is 235 g/mol. The summed E-state index contributed by atoms with van der Waals surface area (Å²) in [5.74, 6) is -0.230. The number of benzene rings is 1. The predicted octanol–water partition coefficient (Wildman–Crippen LogP) is 2.15. The van der Waals surface area contributed by atoms with E-state index in [0.29, 0.717) is 0 Å². The Labute approximate surface area is 102 Å². The van der Waals surface area contributed by atoms with E-state index in [4.69, 9.17) is 5.26 Å². The summed E-state index contributed by atoms with van der Waals surface area (Å²) in [6.07, 6.45) is 0.720. The van der Waals surface area contributed by atoms with Crippen molar-refractivity contribution < 1.29 is 4.39 Å². The highest BCUT2D eigenvalue weighted by Gasteiger charge is 2.09. The molecule has 0 aliphatic heterocycles. The zero-order valence-electron chi connectivity index (χ0n) is 10.3. The first-order valence-electron chi connectivity index (χ1n) is 5.78. The molecule has 0 fully saturated rings. The first kappa shape index (κ1) is 13.5. The molecule has 0 saturated carbocycles. The number of hydrogen-bond donors (Lipinski definition) is 1. The molecule has 1 atom stereocenters. The Bertz CT molecular complexity index is 386. The Morgan fingerprint density at radius 3 is 2.82 bits per heavy atom. The van der Waals surface area contributed by atoms with E-state index in [9.17, 15) is 4.39 Å². The molecule has 4 heteroatoms. The van der Waals surface area contributed by atoms with Crippen LogP contribution >= 0.6 is 0 Å². The van der Waals surface area contributed by atoms with Gasteiger partial charge in [-0.25, -0.2) is 4.39 Å². The minimum absolute atomic E-state index is 0.155. The smallest absolute Gasteiger partial charge is 0.125 e. The van der Waals surface area contributed by atoms with Crippen LogP contribution < -0.4 is 10.2 Å². The fourth-order valence-electron chi connectivity index (χ4n) is 1.70. The highest BCUT2D eigenvalue weighted by molar-refractivity contribution is 5.46. The molecule has 0 aromatic heterocycles. The molecule has 0 radical (unpaired) electrons. The van der Waals surface area contributed by atoms with Crippen molar-refractivity contribution in [2.24, 2.45) is 0 Å². The average Bonchev–Trinajstić information content (AvgIpc) is 2.35. The lowest BCUT2D eigenvalue weighted by Crippen LogP contribution is -2.31. The summed E-state index contributed by atoms with van der Waals surface area (Å²) >= 11 is 0. The van der Waals surface area contributed by atoms with Gasteiger partial charge in [-0.3, -0.25) is 0 Å². The molecule has 1 rings (SSSR count). The highest BCUT2D eigenvalue weighted by Crippen LogP contribution is 2.15. The molecule has 0 spiro atoms. The van der Waals surface area contributed by atoms with Crippen LogP contribution in [0.1, 0.15) is 13.3 Å². The van der Waals surface area contributed by atoms with Crippen LogP contribution in [0.2, 0.25) is 0 Å². The van der Waals surface area contributed by atoms with Gasteiger partial charge in [0.2, 0.25) is 0 Å². The van der Waals surface area contributed by atoms with Crippen LogP contribution in [-0.4, -0.2) is 26.2 Å². The zero-order valence-corrected chi connectivity index (χ0v) is 10.3. The molecule has 1 N–H and O–H groups in total. The van der Waals surface area contributed by atoms with Crippen LogP contribution in [0.15, 0.2) is 24.3 Å². The van der Waals surface area contributed by atoms with Crippen molar-refractivity contribution >= 4 is 5.69 Å². The molecule has 0 aliphatic rings. The normalized spacial score (nSPS) is 11.9. The first-order valence-corrected chi connectivity index (χ1v) is 5.78. The fraction of sp³-hybridized carbons (Fsp3) is 0.462. The summed E-state index contributed by atoms with van der Waals surface area (Å²) in [5.41, 5.74) is 0.861. The van der Waals surface area contributed by atoms with Crippen LogP contribution in [0.25, 0.3) is 0 Å². The lowest BCUT2D eigenvalue weighted by Gasteiger charge is -2.24. The predicted molar refractivity (Wildman–Crippen MR) is 67.4 cm³/mol. The molecule has 0 saturated heterocycles. The molecule has 1 unspecified atom stereocenters. The number of nitrogens with one attached hydrogen (secondary N) is 1. The minimum Gasteiger partial charge on any atom is -0.372 e. The second-order valence-electron chi connectivity index (χ2n) is 3.82. The van der Waals surface area contributed by atoms with Crippen LogP contribution in [0.3, 0.4) is 0 Å². The molecule has 92 valence electrons. The van der Waals surface area contributed by atoms with Gasteiger partial charge in [0.1, 0.15) is 5.82 Å². The monoisotopic (exact) mass is 235 g/mol. The maximum Gasteiger partial charge on any atom is 0.125 e. The summed E-state index contributed by atoms with van der Waals surface area (Å²) in [4.78, 5) is 2.06. The summed E-state index contributed by atoms with van der Waals surface area (Å²) in [5, 5.41) is 11.8. The van der Waals surface area contributed by atoms with Gasteiger partial charge in [0.15, 0.2) is 0 Å². The number of rotatable bonds is 6. The Morgan fingerprint density at radius 2 is 2.29 bits per heavy atom. The standard InChI is InChI=1S/C13H18FN3/c1-3-17(8-7-12(10-15)16-2)13-6-4-5-11(14)9-13/h4-6,9,12,16H,3,7-8H2,1-2H3. The van der Waals surface area contributed by atoms with Gasteiger partial charge in [0, 0.05) is 18.8 Å². The zero-order chi connectivity index (χ0) is 12.7. The van der Waals surface area contributed by atoms with Crippen molar-refractivity contribution in [2.75, 3.05) is 25.0 Å². The number of anilines is 1. The van der Waals surface area contributed by atoms with Crippen LogP contribution in [0, 0.1) is 17.1 Å². The van der Waals surface area contributed by atoms with Gasteiger partial charge in [0.25, 0.3) is 0 Å². The summed E-state index contributed by atoms with van der Waals surface area (Å²) in [7, 11) is 1.77. The Morgan fingerprint density at radius 1 is 1.53 bits per heavy atom. The Kier molecular flexibility index (Phi) is 5.44. The molecule has 0 amide bonds. The van der Waals surface area contributed by atoms with E-state index in [0.717, 1.165) is 25.2 Å². The number of hydrogen-bond acceptors (Lipinski definition) is 3. The molecule has 3 nitrogen and oxygen atoms in total. The fourth-order valence-corrected chi connectivity index (χ4v) is 1.70. The second-order valence-corrected chi connectivity index (χ2v) is 3.82. The lowest BCUT2D eigenvalue weighted by molar-refractivity contribution is 0.607. The van der Waals surface area contributed by atoms with E-state index >= 15 is 0 Å². The van der Waals surface area contributed by atoms with Crippen LogP contribution in [0.5, 0.6) is 0 Å². The Balaban J connectivity index is 2.63. The van der Waals surface area contributed by atoms with Gasteiger partial charge in [-0.2, -0.15) is 5.26 Å². The Hall–Kier alpha value is -1.60. The summed E-state index contributed by atoms with van der Waals surface area (Å²) in [6, 6.07) is 8.56. The molecular weight excluding hydrogens is 217 g/mol. The van der Waals surface area contributed by atoms with Crippen LogP contribution in [-0.2, 0) is 0 Å². The largest absolute Gasteiger partial charge is 0.372 e. The quantitative estimate of drug-likeness (QED) is 0.821. The van der Waals surface area contributed by atoms with Gasteiger partial charge < -0.3 is 10.2 Å².